The molecule has 2 unspecified atom stereocenters. The van der Waals surface area contributed by atoms with E-state index in [1.165, 1.54) is 0 Å². The number of amides is 1. The number of aliphatic imine (C=N–C) groups is 1. The predicted octanol–water partition coefficient (Wildman–Crippen LogP) is -0.462. The van der Waals surface area contributed by atoms with Gasteiger partial charge in [-0.15, -0.1) is 12.4 Å². The van der Waals surface area contributed by atoms with Gasteiger partial charge in [0.05, 0.1) is 6.61 Å². The first-order valence-corrected chi connectivity index (χ1v) is 10.0. The Morgan fingerprint density at radius 2 is 2.06 bits per heavy atom. The van der Waals surface area contributed by atoms with E-state index in [9.17, 15) is 9.90 Å². The Morgan fingerprint density at radius 1 is 1.38 bits per heavy atom. The maximum Gasteiger partial charge on any atom is 0.271 e. The molecule has 11 nitrogen and oxygen atoms in total. The smallest absolute Gasteiger partial charge is 0.271 e. The van der Waals surface area contributed by atoms with Crippen molar-refractivity contribution in [3.63, 3.8) is 0 Å². The zero-order valence-electron chi connectivity index (χ0n) is 17.3. The van der Waals surface area contributed by atoms with Crippen LogP contribution in [0.3, 0.4) is 0 Å². The molecule has 32 heavy (non-hydrogen) atoms. The van der Waals surface area contributed by atoms with E-state index in [0.717, 1.165) is 23.3 Å². The summed E-state index contributed by atoms with van der Waals surface area (Å²) in [5, 5.41) is 29.3. The summed E-state index contributed by atoms with van der Waals surface area (Å²) in [5.41, 5.74) is 17.8. The van der Waals surface area contributed by atoms with Crippen molar-refractivity contribution in [3.8, 4) is 5.75 Å². The van der Waals surface area contributed by atoms with Crippen LogP contribution in [0.25, 0.3) is 0 Å². The van der Waals surface area contributed by atoms with Crippen molar-refractivity contribution in [1.82, 2.24) is 10.2 Å². The highest BCUT2D eigenvalue weighted by molar-refractivity contribution is 6.67. The summed E-state index contributed by atoms with van der Waals surface area (Å²) >= 11 is 5.95. The minimum absolute atomic E-state index is 0. The number of rotatable bonds is 10. The quantitative estimate of drug-likeness (QED) is 0.130. The number of aliphatic hydroxyl groups excluding tert-OH is 2. The van der Waals surface area contributed by atoms with Crippen LogP contribution < -0.4 is 27.3 Å². The second-order valence-electron chi connectivity index (χ2n) is 6.84. The third-order valence-corrected chi connectivity index (χ3v) is 4.81. The third-order valence-electron chi connectivity index (χ3n) is 4.50. The summed E-state index contributed by atoms with van der Waals surface area (Å²) in [5.74, 6) is -0.481. The first-order valence-electron chi connectivity index (χ1n) is 9.66. The molecule has 2 rings (SSSR count). The van der Waals surface area contributed by atoms with E-state index in [2.05, 4.69) is 10.3 Å². The van der Waals surface area contributed by atoms with Gasteiger partial charge in [0.15, 0.2) is 11.7 Å². The number of aliphatic hydroxyl groups is 2. The van der Waals surface area contributed by atoms with Crippen LogP contribution in [0.15, 0.2) is 40.8 Å². The average molecular weight is 490 g/mol. The van der Waals surface area contributed by atoms with E-state index < -0.39 is 18.2 Å². The number of benzene rings is 1. The van der Waals surface area contributed by atoms with Gasteiger partial charge in [-0.05, 0) is 30.9 Å². The molecule has 0 saturated heterocycles. The van der Waals surface area contributed by atoms with E-state index in [-0.39, 0.29) is 48.3 Å². The molecule has 1 amide bonds. The van der Waals surface area contributed by atoms with Gasteiger partial charge in [0.1, 0.15) is 35.6 Å². The number of primary amides is 1. The first-order chi connectivity index (χ1) is 14.8. The number of unbranched alkanes of at least 4 members (excludes halogenated alkanes) is 1. The molecule has 0 fully saturated rings. The number of ether oxygens (including phenoxy) is 1. The molecule has 0 saturated carbocycles. The topological polar surface area (TPSA) is 196 Å². The van der Waals surface area contributed by atoms with Crippen LogP contribution in [-0.4, -0.2) is 64.2 Å². The SMILES string of the molecule is Cl.N=C(NCCCCc1ccccc1OCC(O)CO)N1C(N)=C(C(N)=O)N=C(Cl)C1N. The Labute approximate surface area is 197 Å². The van der Waals surface area contributed by atoms with Crippen molar-refractivity contribution in [2.45, 2.75) is 31.5 Å². The van der Waals surface area contributed by atoms with Crippen LogP contribution >= 0.6 is 24.0 Å². The molecule has 13 heteroatoms. The van der Waals surface area contributed by atoms with Gasteiger partial charge in [-0.2, -0.15) is 0 Å². The molecule has 0 spiro atoms. The van der Waals surface area contributed by atoms with Crippen molar-refractivity contribution in [1.29, 1.82) is 5.41 Å². The molecule has 1 heterocycles. The summed E-state index contributed by atoms with van der Waals surface area (Å²) in [6.45, 7) is 0.0941. The molecular weight excluding hydrogens is 461 g/mol. The predicted molar refractivity (Wildman–Crippen MR) is 124 cm³/mol. The second kappa shape index (κ2) is 13.1. The van der Waals surface area contributed by atoms with Gasteiger partial charge in [-0.1, -0.05) is 29.8 Å². The number of para-hydroxylation sites is 1. The minimum atomic E-state index is -0.997. The molecule has 10 N–H and O–H groups in total. The zero-order chi connectivity index (χ0) is 23.0. The minimum Gasteiger partial charge on any atom is -0.491 e. The molecule has 0 bridgehead atoms. The van der Waals surface area contributed by atoms with Gasteiger partial charge in [0, 0.05) is 6.54 Å². The zero-order valence-corrected chi connectivity index (χ0v) is 18.9. The summed E-state index contributed by atoms with van der Waals surface area (Å²) < 4.78 is 5.57. The highest BCUT2D eigenvalue weighted by Gasteiger charge is 2.32. The van der Waals surface area contributed by atoms with Crippen LogP contribution in [0.5, 0.6) is 5.75 Å². The molecule has 1 aromatic carbocycles. The highest BCUT2D eigenvalue weighted by atomic mass is 35.5. The fourth-order valence-corrected chi connectivity index (χ4v) is 3.05. The van der Waals surface area contributed by atoms with Crippen LogP contribution in [0.1, 0.15) is 18.4 Å². The van der Waals surface area contributed by atoms with Crippen molar-refractivity contribution >= 4 is 41.0 Å². The van der Waals surface area contributed by atoms with Crippen LogP contribution in [-0.2, 0) is 11.2 Å². The number of guanidine groups is 1. The van der Waals surface area contributed by atoms with Gasteiger partial charge < -0.3 is 37.5 Å². The Hall–Kier alpha value is -2.57. The first kappa shape index (κ1) is 27.5. The molecule has 0 aliphatic carbocycles. The van der Waals surface area contributed by atoms with E-state index in [1.807, 2.05) is 24.3 Å². The molecule has 2 atom stereocenters. The summed E-state index contributed by atoms with van der Waals surface area (Å²) in [6, 6.07) is 7.47. The fourth-order valence-electron chi connectivity index (χ4n) is 2.86. The second-order valence-corrected chi connectivity index (χ2v) is 7.22. The fraction of sp³-hybridized carbons (Fsp3) is 0.421. The van der Waals surface area contributed by atoms with Crippen LogP contribution in [0, 0.1) is 5.41 Å². The Kier molecular flexibility index (Phi) is 11.2. The van der Waals surface area contributed by atoms with E-state index in [4.69, 9.17) is 44.1 Å². The summed E-state index contributed by atoms with van der Waals surface area (Å²) in [7, 11) is 0. The molecule has 1 aromatic rings. The molecule has 1 aliphatic heterocycles. The summed E-state index contributed by atoms with van der Waals surface area (Å²) in [4.78, 5) is 16.4. The standard InChI is InChI=1S/C19H28ClN7O4.ClH/c20-15-17(22)27(16(21)14(26-15)18(23)30)19(24)25-8-4-3-6-11-5-1-2-7-13(11)31-10-12(29)9-28;/h1-2,5,7,12,17,28-29H,3-4,6,8-10,21-22H2,(H2,23,30)(H2,24,25);1H. The highest BCUT2D eigenvalue weighted by Crippen LogP contribution is 2.21. The number of nitrogens with two attached hydrogens (primary N) is 3. The van der Waals surface area contributed by atoms with E-state index in [1.54, 1.807) is 0 Å². The van der Waals surface area contributed by atoms with Crippen molar-refractivity contribution in [2.24, 2.45) is 22.2 Å². The van der Waals surface area contributed by atoms with E-state index >= 15 is 0 Å². The monoisotopic (exact) mass is 489 g/mol. The van der Waals surface area contributed by atoms with Crippen molar-refractivity contribution in [3.05, 3.63) is 41.3 Å². The van der Waals surface area contributed by atoms with Gasteiger partial charge >= 0.3 is 0 Å². The maximum atomic E-state index is 11.5. The lowest BCUT2D eigenvalue weighted by molar-refractivity contribution is -0.114. The summed E-state index contributed by atoms with van der Waals surface area (Å²) in [6.07, 6.45) is 0.293. The van der Waals surface area contributed by atoms with Crippen LogP contribution in [0.4, 0.5) is 0 Å². The number of aryl methyl sites for hydroxylation is 1. The number of carbonyl (C=O) groups is 1. The van der Waals surface area contributed by atoms with E-state index in [0.29, 0.717) is 18.7 Å². The molecule has 0 aromatic heterocycles. The molecule has 1 aliphatic rings. The average Bonchev–Trinajstić information content (AvgIpc) is 2.74. The Bertz CT molecular complexity index is 866. The van der Waals surface area contributed by atoms with Crippen molar-refractivity contribution in [2.75, 3.05) is 19.8 Å². The lowest BCUT2D eigenvalue weighted by Crippen LogP contribution is -2.56. The Balaban J connectivity index is 0.00000512. The largest absolute Gasteiger partial charge is 0.491 e. The number of nitrogens with one attached hydrogen (secondary N) is 2. The number of carbonyl (C=O) groups excluding carboxylic acids is 1. The third kappa shape index (κ3) is 7.24. The number of hydrogen-bond acceptors (Lipinski definition) is 8. The van der Waals surface area contributed by atoms with Crippen LogP contribution in [0.2, 0.25) is 0 Å². The molecule has 178 valence electrons. The lowest BCUT2D eigenvalue weighted by Gasteiger charge is -2.33. The van der Waals surface area contributed by atoms with Gasteiger partial charge in [-0.3, -0.25) is 15.1 Å². The number of halogens is 2. The number of hydrogen-bond donors (Lipinski definition) is 7. The Morgan fingerprint density at radius 3 is 2.72 bits per heavy atom. The van der Waals surface area contributed by atoms with Crippen molar-refractivity contribution < 1.29 is 19.7 Å². The number of nitrogens with zero attached hydrogens (tertiary/aromatic N) is 2. The van der Waals surface area contributed by atoms with Gasteiger partial charge in [0.25, 0.3) is 5.91 Å². The normalized spacial score (nSPS) is 16.7. The molecule has 0 radical (unpaired) electrons. The van der Waals surface area contributed by atoms with Gasteiger partial charge in [-0.25, -0.2) is 4.99 Å². The lowest BCUT2D eigenvalue weighted by atomic mass is 10.1. The maximum absolute atomic E-state index is 11.5. The molecular formula is C19H29Cl2N7O4. The van der Waals surface area contributed by atoms with Gasteiger partial charge in [0.2, 0.25) is 0 Å².